The van der Waals surface area contributed by atoms with Crippen LogP contribution in [0.4, 0.5) is 5.69 Å². The van der Waals surface area contributed by atoms with E-state index in [9.17, 15) is 4.79 Å². The van der Waals surface area contributed by atoms with Crippen LogP contribution in [0.2, 0.25) is 0 Å². The van der Waals surface area contributed by atoms with E-state index in [1.165, 1.54) is 38.5 Å². The number of carbonyl (C=O) groups excluding carboxylic acids is 1. The number of likely N-dealkylation sites (tertiary alicyclic amines) is 1. The minimum absolute atomic E-state index is 0.128. The molecule has 3 aliphatic rings. The summed E-state index contributed by atoms with van der Waals surface area (Å²) in [5.74, 6) is 1.77. The lowest BCUT2D eigenvalue weighted by atomic mass is 9.66. The van der Waals surface area contributed by atoms with E-state index in [-0.39, 0.29) is 5.92 Å². The van der Waals surface area contributed by atoms with Crippen molar-refractivity contribution in [3.63, 3.8) is 0 Å². The van der Waals surface area contributed by atoms with Crippen molar-refractivity contribution < 1.29 is 4.79 Å². The van der Waals surface area contributed by atoms with Crippen LogP contribution >= 0.6 is 0 Å². The second-order valence-corrected chi connectivity index (χ2v) is 10.7. The average Bonchev–Trinajstić information content (AvgIpc) is 2.80. The van der Waals surface area contributed by atoms with Crippen LogP contribution in [-0.2, 0) is 4.79 Å². The largest absolute Gasteiger partial charge is 0.366 e. The lowest BCUT2D eigenvalue weighted by molar-refractivity contribution is -0.137. The number of amides is 1. The molecule has 3 fully saturated rings. The Morgan fingerprint density at radius 1 is 0.903 bits per heavy atom. The van der Waals surface area contributed by atoms with Crippen molar-refractivity contribution in [3.8, 4) is 0 Å². The first-order valence-electron chi connectivity index (χ1n) is 12.5. The molecule has 0 N–H and O–H groups in total. The third-order valence-corrected chi connectivity index (χ3v) is 8.02. The highest BCUT2D eigenvalue weighted by Crippen LogP contribution is 2.45. The van der Waals surface area contributed by atoms with Crippen molar-refractivity contribution in [3.05, 3.63) is 18.2 Å². The van der Waals surface area contributed by atoms with Crippen LogP contribution in [0.1, 0.15) is 78.0 Å². The normalized spacial score (nSPS) is 23.2. The van der Waals surface area contributed by atoms with Crippen LogP contribution in [-0.4, -0.2) is 71.0 Å². The second-order valence-electron chi connectivity index (χ2n) is 10.7. The molecule has 31 heavy (non-hydrogen) atoms. The van der Waals surface area contributed by atoms with Crippen molar-refractivity contribution in [1.82, 2.24) is 19.8 Å². The third-order valence-electron chi connectivity index (χ3n) is 8.02. The second kappa shape index (κ2) is 9.43. The van der Waals surface area contributed by atoms with Gasteiger partial charge in [-0.2, -0.15) is 0 Å². The predicted molar refractivity (Wildman–Crippen MR) is 125 cm³/mol. The minimum atomic E-state index is 0.128. The van der Waals surface area contributed by atoms with Crippen LogP contribution in [0.25, 0.3) is 0 Å². The monoisotopic (exact) mass is 427 g/mol. The van der Waals surface area contributed by atoms with Gasteiger partial charge in [-0.15, -0.1) is 0 Å². The molecule has 0 unspecified atom stereocenters. The van der Waals surface area contributed by atoms with Gasteiger partial charge in [-0.25, -0.2) is 9.97 Å². The maximum absolute atomic E-state index is 12.3. The fourth-order valence-corrected chi connectivity index (χ4v) is 5.78. The lowest BCUT2D eigenvalue weighted by Gasteiger charge is -2.49. The summed E-state index contributed by atoms with van der Waals surface area (Å²) in [7, 11) is 0. The first-order valence-corrected chi connectivity index (χ1v) is 12.5. The SMILES string of the molecule is CC(C)C(=O)N1CCC2(CCC(N3CCN(c4cnc(C(C)C)nc4)CC3)CC2)CC1. The molecular formula is C25H41N5O. The zero-order chi connectivity index (χ0) is 22.0. The summed E-state index contributed by atoms with van der Waals surface area (Å²) in [6, 6.07) is 0.739. The Morgan fingerprint density at radius 2 is 1.48 bits per heavy atom. The quantitative estimate of drug-likeness (QED) is 0.729. The Labute approximate surface area is 188 Å². The first-order chi connectivity index (χ1) is 14.9. The molecule has 1 amide bonds. The molecule has 0 bridgehead atoms. The highest BCUT2D eigenvalue weighted by atomic mass is 16.2. The molecule has 172 valence electrons. The molecule has 0 aromatic carbocycles. The van der Waals surface area contributed by atoms with E-state index < -0.39 is 0 Å². The number of aromatic nitrogens is 2. The maximum Gasteiger partial charge on any atom is 0.225 e. The molecule has 3 heterocycles. The zero-order valence-electron chi connectivity index (χ0n) is 20.0. The summed E-state index contributed by atoms with van der Waals surface area (Å²) in [6.07, 6.45) is 11.7. The number of hydrogen-bond donors (Lipinski definition) is 0. The Bertz CT molecular complexity index is 721. The zero-order valence-corrected chi connectivity index (χ0v) is 20.0. The smallest absolute Gasteiger partial charge is 0.225 e. The lowest BCUT2D eigenvalue weighted by Crippen LogP contribution is -2.53. The summed E-state index contributed by atoms with van der Waals surface area (Å²) in [5.41, 5.74) is 1.66. The van der Waals surface area contributed by atoms with Crippen molar-refractivity contribution in [2.75, 3.05) is 44.2 Å². The topological polar surface area (TPSA) is 52.6 Å². The molecule has 1 aromatic rings. The fourth-order valence-electron chi connectivity index (χ4n) is 5.78. The summed E-state index contributed by atoms with van der Waals surface area (Å²) < 4.78 is 0. The number of hydrogen-bond acceptors (Lipinski definition) is 5. The summed E-state index contributed by atoms with van der Waals surface area (Å²) in [6.45, 7) is 14.7. The average molecular weight is 428 g/mol. The van der Waals surface area contributed by atoms with Gasteiger partial charge >= 0.3 is 0 Å². The summed E-state index contributed by atoms with van der Waals surface area (Å²) in [4.78, 5) is 28.7. The Kier molecular flexibility index (Phi) is 6.85. The number of nitrogens with zero attached hydrogens (tertiary/aromatic N) is 5. The van der Waals surface area contributed by atoms with Gasteiger partial charge in [0, 0.05) is 57.1 Å². The van der Waals surface area contributed by atoms with E-state index in [0.717, 1.165) is 56.8 Å². The van der Waals surface area contributed by atoms with Gasteiger partial charge in [-0.1, -0.05) is 27.7 Å². The van der Waals surface area contributed by atoms with Gasteiger partial charge < -0.3 is 9.80 Å². The van der Waals surface area contributed by atoms with Gasteiger partial charge in [0.1, 0.15) is 5.82 Å². The number of carbonyl (C=O) groups is 1. The molecule has 0 radical (unpaired) electrons. The van der Waals surface area contributed by atoms with Gasteiger partial charge in [-0.3, -0.25) is 9.69 Å². The molecule has 2 saturated heterocycles. The molecule has 6 nitrogen and oxygen atoms in total. The minimum Gasteiger partial charge on any atom is -0.366 e. The van der Waals surface area contributed by atoms with Gasteiger partial charge in [0.15, 0.2) is 0 Å². The number of piperidine rings is 1. The Hall–Kier alpha value is -1.69. The number of piperazine rings is 1. The predicted octanol–water partition coefficient (Wildman–Crippen LogP) is 3.93. The van der Waals surface area contributed by atoms with Crippen LogP contribution in [0.3, 0.4) is 0 Å². The van der Waals surface area contributed by atoms with Crippen LogP contribution in [0.15, 0.2) is 12.4 Å². The molecule has 1 saturated carbocycles. The highest BCUT2D eigenvalue weighted by molar-refractivity contribution is 5.78. The van der Waals surface area contributed by atoms with Crippen LogP contribution < -0.4 is 4.90 Å². The first kappa shape index (κ1) is 22.5. The van der Waals surface area contributed by atoms with E-state index in [4.69, 9.17) is 0 Å². The maximum atomic E-state index is 12.3. The number of anilines is 1. The van der Waals surface area contributed by atoms with E-state index in [0.29, 0.717) is 17.2 Å². The van der Waals surface area contributed by atoms with Crippen molar-refractivity contribution >= 4 is 11.6 Å². The summed E-state index contributed by atoms with van der Waals surface area (Å²) in [5, 5.41) is 0. The van der Waals surface area contributed by atoms with Crippen LogP contribution in [0.5, 0.6) is 0 Å². The van der Waals surface area contributed by atoms with E-state index in [2.05, 4.69) is 38.5 Å². The molecule has 0 atom stereocenters. The van der Waals surface area contributed by atoms with E-state index in [1.54, 1.807) is 0 Å². The van der Waals surface area contributed by atoms with E-state index >= 15 is 0 Å². The number of rotatable bonds is 4. The molecule has 4 rings (SSSR count). The molecule has 1 spiro atoms. The van der Waals surface area contributed by atoms with Gasteiger partial charge in [0.25, 0.3) is 0 Å². The Morgan fingerprint density at radius 3 is 2.00 bits per heavy atom. The van der Waals surface area contributed by atoms with Gasteiger partial charge in [0.05, 0.1) is 18.1 Å². The van der Waals surface area contributed by atoms with Crippen molar-refractivity contribution in [2.45, 2.75) is 78.2 Å². The third kappa shape index (κ3) is 5.05. The molecule has 1 aliphatic carbocycles. The van der Waals surface area contributed by atoms with Crippen molar-refractivity contribution in [2.24, 2.45) is 11.3 Å². The van der Waals surface area contributed by atoms with Gasteiger partial charge in [-0.05, 0) is 43.9 Å². The molecular weight excluding hydrogens is 386 g/mol. The van der Waals surface area contributed by atoms with Crippen LogP contribution in [0, 0.1) is 11.3 Å². The summed E-state index contributed by atoms with van der Waals surface area (Å²) >= 11 is 0. The molecule has 1 aromatic heterocycles. The van der Waals surface area contributed by atoms with E-state index in [1.807, 2.05) is 26.2 Å². The molecule has 6 heteroatoms. The van der Waals surface area contributed by atoms with Crippen molar-refractivity contribution in [1.29, 1.82) is 0 Å². The highest BCUT2D eigenvalue weighted by Gasteiger charge is 2.40. The van der Waals surface area contributed by atoms with Gasteiger partial charge in [0.2, 0.25) is 5.91 Å². The Balaban J connectivity index is 1.23. The standard InChI is InChI=1S/C25H41N5O/c1-19(2)23-26-17-22(18-27-23)29-15-13-28(14-16-29)21-5-7-25(8-6-21)9-11-30(12-10-25)24(31)20(3)4/h17-21H,5-16H2,1-4H3. The fraction of sp³-hybridized carbons (Fsp3) is 0.800. The molecule has 2 aliphatic heterocycles.